The van der Waals surface area contributed by atoms with Crippen LogP contribution in [-0.2, 0) is 0 Å². The molecule has 3 aromatic rings. The lowest BCUT2D eigenvalue weighted by molar-refractivity contribution is 0.185. The van der Waals surface area contributed by atoms with E-state index in [0.717, 1.165) is 41.9 Å². The maximum atomic E-state index is 6.43. The average molecular weight is 504 g/mol. The molecule has 1 N–H and O–H groups in total. The Labute approximate surface area is 211 Å². The molecule has 0 aliphatic carbocycles. The van der Waals surface area contributed by atoms with E-state index in [4.69, 9.17) is 37.4 Å². The molecule has 0 spiro atoms. The summed E-state index contributed by atoms with van der Waals surface area (Å²) in [5.41, 5.74) is 2.33. The van der Waals surface area contributed by atoms with Gasteiger partial charge in [0.1, 0.15) is 5.75 Å². The fourth-order valence-electron chi connectivity index (χ4n) is 4.26. The van der Waals surface area contributed by atoms with Crippen molar-refractivity contribution >= 4 is 45.5 Å². The third-order valence-electron chi connectivity index (χ3n) is 6.24. The first kappa shape index (κ1) is 24.7. The first-order valence-corrected chi connectivity index (χ1v) is 12.4. The second kappa shape index (κ2) is 11.3. The Morgan fingerprint density at radius 2 is 1.76 bits per heavy atom. The molecular weight excluding hydrogens is 473 g/mol. The highest BCUT2D eigenvalue weighted by molar-refractivity contribution is 6.37. The van der Waals surface area contributed by atoms with Crippen molar-refractivity contribution < 1.29 is 14.2 Å². The number of piperidine rings is 1. The zero-order chi connectivity index (χ0) is 24.1. The SMILES string of the molecule is CCOc1cc2c(Nc3cc(OC)c(Cl)cc3Cl)ccnc2cc1OCCC1CCN(C)CC1. The van der Waals surface area contributed by atoms with Crippen molar-refractivity contribution in [2.24, 2.45) is 5.92 Å². The molecule has 0 bridgehead atoms. The molecule has 0 unspecified atom stereocenters. The number of benzene rings is 2. The molecule has 1 fully saturated rings. The molecule has 0 atom stereocenters. The Kier molecular flexibility index (Phi) is 8.24. The number of likely N-dealkylation sites (tertiary alicyclic amines) is 1. The Hall–Kier alpha value is -2.41. The minimum absolute atomic E-state index is 0.457. The smallest absolute Gasteiger partial charge is 0.163 e. The van der Waals surface area contributed by atoms with Gasteiger partial charge in [-0.05, 0) is 70.4 Å². The molecule has 0 amide bonds. The van der Waals surface area contributed by atoms with Gasteiger partial charge < -0.3 is 24.4 Å². The summed E-state index contributed by atoms with van der Waals surface area (Å²) < 4.78 is 17.5. The topological polar surface area (TPSA) is 55.9 Å². The van der Waals surface area contributed by atoms with E-state index in [0.29, 0.717) is 46.4 Å². The number of ether oxygens (including phenoxy) is 3. The molecule has 1 saturated heterocycles. The highest BCUT2D eigenvalue weighted by Gasteiger charge is 2.18. The monoisotopic (exact) mass is 503 g/mol. The number of fused-ring (bicyclic) bond motifs is 1. The third kappa shape index (κ3) is 5.80. The van der Waals surface area contributed by atoms with Gasteiger partial charge >= 0.3 is 0 Å². The van der Waals surface area contributed by atoms with E-state index in [9.17, 15) is 0 Å². The molecule has 4 rings (SSSR count). The maximum absolute atomic E-state index is 6.43. The number of rotatable bonds is 9. The number of pyridine rings is 1. The van der Waals surface area contributed by atoms with Crippen molar-refractivity contribution in [1.82, 2.24) is 9.88 Å². The number of anilines is 2. The van der Waals surface area contributed by atoms with Gasteiger partial charge in [-0.3, -0.25) is 4.98 Å². The summed E-state index contributed by atoms with van der Waals surface area (Å²) in [6.07, 6.45) is 5.26. The second-order valence-electron chi connectivity index (χ2n) is 8.58. The van der Waals surface area contributed by atoms with Crippen LogP contribution in [0.25, 0.3) is 10.9 Å². The predicted molar refractivity (Wildman–Crippen MR) is 140 cm³/mol. The summed E-state index contributed by atoms with van der Waals surface area (Å²) in [6, 6.07) is 9.26. The number of hydrogen-bond acceptors (Lipinski definition) is 6. The summed E-state index contributed by atoms with van der Waals surface area (Å²) in [7, 11) is 3.76. The zero-order valence-corrected chi connectivity index (χ0v) is 21.4. The van der Waals surface area contributed by atoms with Crippen molar-refractivity contribution in [1.29, 1.82) is 0 Å². The highest BCUT2D eigenvalue weighted by atomic mass is 35.5. The van der Waals surface area contributed by atoms with Crippen LogP contribution in [0.3, 0.4) is 0 Å². The molecule has 0 saturated carbocycles. The Balaban J connectivity index is 1.57. The summed E-state index contributed by atoms with van der Waals surface area (Å²) in [4.78, 5) is 6.95. The molecule has 1 aliphatic rings. The number of nitrogens with one attached hydrogen (secondary N) is 1. The van der Waals surface area contributed by atoms with Gasteiger partial charge in [0.05, 0.1) is 41.6 Å². The van der Waals surface area contributed by atoms with Crippen LogP contribution in [0.1, 0.15) is 26.2 Å². The Morgan fingerprint density at radius 3 is 2.50 bits per heavy atom. The highest BCUT2D eigenvalue weighted by Crippen LogP contribution is 2.39. The molecule has 0 radical (unpaired) electrons. The van der Waals surface area contributed by atoms with E-state index in [1.807, 2.05) is 25.1 Å². The fourth-order valence-corrected chi connectivity index (χ4v) is 4.76. The van der Waals surface area contributed by atoms with Gasteiger partial charge in [-0.25, -0.2) is 0 Å². The molecule has 34 heavy (non-hydrogen) atoms. The molecule has 2 aromatic carbocycles. The van der Waals surface area contributed by atoms with Crippen LogP contribution in [0.4, 0.5) is 11.4 Å². The number of aromatic nitrogens is 1. The van der Waals surface area contributed by atoms with Crippen molar-refractivity contribution in [3.63, 3.8) is 0 Å². The fraction of sp³-hybridized carbons (Fsp3) is 0.423. The van der Waals surface area contributed by atoms with Crippen molar-refractivity contribution in [2.45, 2.75) is 26.2 Å². The van der Waals surface area contributed by atoms with Crippen LogP contribution < -0.4 is 19.5 Å². The molecule has 8 heteroatoms. The van der Waals surface area contributed by atoms with Gasteiger partial charge in [0.15, 0.2) is 11.5 Å². The number of methoxy groups -OCH3 is 1. The van der Waals surface area contributed by atoms with Crippen LogP contribution in [-0.4, -0.2) is 50.3 Å². The van der Waals surface area contributed by atoms with Crippen LogP contribution >= 0.6 is 23.2 Å². The first-order valence-electron chi connectivity index (χ1n) is 11.7. The predicted octanol–water partition coefficient (Wildman–Crippen LogP) is 6.80. The van der Waals surface area contributed by atoms with Crippen molar-refractivity contribution in [2.75, 3.05) is 45.8 Å². The minimum Gasteiger partial charge on any atom is -0.495 e. The zero-order valence-electron chi connectivity index (χ0n) is 19.9. The van der Waals surface area contributed by atoms with Crippen LogP contribution in [0.15, 0.2) is 36.5 Å². The number of halogens is 2. The minimum atomic E-state index is 0.457. The summed E-state index contributed by atoms with van der Waals surface area (Å²) in [5.74, 6) is 2.68. The Bertz CT molecular complexity index is 1130. The normalized spacial score (nSPS) is 14.9. The van der Waals surface area contributed by atoms with E-state index in [2.05, 4.69) is 22.2 Å². The lowest BCUT2D eigenvalue weighted by Gasteiger charge is -2.28. The van der Waals surface area contributed by atoms with E-state index < -0.39 is 0 Å². The molecule has 2 heterocycles. The average Bonchev–Trinajstić information content (AvgIpc) is 2.83. The molecule has 1 aliphatic heterocycles. The standard InChI is InChI=1S/C26H31Cl2N3O3/c1-4-33-25-13-18-21(30-23-16-24(32-3)20(28)14-19(23)27)5-9-29-22(18)15-26(25)34-12-8-17-6-10-31(2)11-7-17/h5,9,13-17H,4,6-8,10-12H2,1-3H3,(H,29,30). The quantitative estimate of drug-likeness (QED) is 0.346. The van der Waals surface area contributed by atoms with Crippen LogP contribution in [0, 0.1) is 5.92 Å². The van der Waals surface area contributed by atoms with Crippen LogP contribution in [0.5, 0.6) is 17.2 Å². The van der Waals surface area contributed by atoms with Crippen molar-refractivity contribution in [3.05, 3.63) is 46.6 Å². The van der Waals surface area contributed by atoms with Crippen LogP contribution in [0.2, 0.25) is 10.0 Å². The van der Waals surface area contributed by atoms with Gasteiger partial charge in [-0.2, -0.15) is 0 Å². The molecular formula is C26H31Cl2N3O3. The van der Waals surface area contributed by atoms with E-state index in [1.54, 1.807) is 25.4 Å². The first-order chi connectivity index (χ1) is 16.5. The summed E-state index contributed by atoms with van der Waals surface area (Å²) >= 11 is 12.6. The van der Waals surface area contributed by atoms with Gasteiger partial charge in [-0.1, -0.05) is 23.2 Å². The molecule has 1 aromatic heterocycles. The third-order valence-corrected chi connectivity index (χ3v) is 6.85. The van der Waals surface area contributed by atoms with Gasteiger partial charge in [-0.15, -0.1) is 0 Å². The molecule has 6 nitrogen and oxygen atoms in total. The van der Waals surface area contributed by atoms with E-state index in [-0.39, 0.29) is 0 Å². The lowest BCUT2D eigenvalue weighted by Crippen LogP contribution is -2.30. The van der Waals surface area contributed by atoms with Gasteiger partial charge in [0.2, 0.25) is 0 Å². The summed E-state index contributed by atoms with van der Waals surface area (Å²) in [6.45, 7) is 5.49. The van der Waals surface area contributed by atoms with E-state index in [1.165, 1.54) is 12.8 Å². The maximum Gasteiger partial charge on any atom is 0.163 e. The largest absolute Gasteiger partial charge is 0.495 e. The lowest BCUT2D eigenvalue weighted by atomic mass is 9.94. The van der Waals surface area contributed by atoms with Gasteiger partial charge in [0.25, 0.3) is 0 Å². The summed E-state index contributed by atoms with van der Waals surface area (Å²) in [5, 5.41) is 5.24. The van der Waals surface area contributed by atoms with Crippen molar-refractivity contribution in [3.8, 4) is 17.2 Å². The number of hydrogen-bond donors (Lipinski definition) is 1. The second-order valence-corrected chi connectivity index (χ2v) is 9.40. The molecule has 182 valence electrons. The Morgan fingerprint density at radius 1 is 1.00 bits per heavy atom. The van der Waals surface area contributed by atoms with Gasteiger partial charge in [0, 0.05) is 29.4 Å². The van der Waals surface area contributed by atoms with E-state index >= 15 is 0 Å². The number of nitrogens with zero attached hydrogens (tertiary/aromatic N) is 2.